The average molecular weight is 472 g/mol. The molecule has 0 aliphatic rings. The summed E-state index contributed by atoms with van der Waals surface area (Å²) in [5.41, 5.74) is 4.37. The Morgan fingerprint density at radius 1 is 0.871 bits per heavy atom. The molecule has 0 amide bonds. The van der Waals surface area contributed by atoms with Crippen molar-refractivity contribution in [2.45, 2.75) is 0 Å². The van der Waals surface area contributed by atoms with E-state index in [0.717, 1.165) is 16.6 Å². The predicted octanol–water partition coefficient (Wildman–Crippen LogP) is 6.42. The second-order valence-electron chi connectivity index (χ2n) is 7.06. The minimum atomic E-state index is -0.356. The summed E-state index contributed by atoms with van der Waals surface area (Å²) < 4.78 is 15.0. The first-order valence-electron chi connectivity index (χ1n) is 9.61. The summed E-state index contributed by atoms with van der Waals surface area (Å²) >= 11 is 3.27. The van der Waals surface area contributed by atoms with Gasteiger partial charge in [-0.1, -0.05) is 70.5 Å². The van der Waals surface area contributed by atoms with Crippen LogP contribution in [0, 0.1) is 5.82 Å². The van der Waals surface area contributed by atoms with Gasteiger partial charge in [0.1, 0.15) is 11.5 Å². The molecule has 3 aromatic carbocycles. The Hall–Kier alpha value is -3.64. The molecule has 0 radical (unpaired) electrons. The molecule has 0 saturated heterocycles. The van der Waals surface area contributed by atoms with Gasteiger partial charge in [-0.3, -0.25) is 9.89 Å². The van der Waals surface area contributed by atoms with Crippen LogP contribution in [-0.2, 0) is 0 Å². The molecule has 5 rings (SSSR count). The molecule has 0 aliphatic heterocycles. The Labute approximate surface area is 185 Å². The van der Waals surface area contributed by atoms with Gasteiger partial charge < -0.3 is 0 Å². The quantitative estimate of drug-likeness (QED) is 0.307. The molecule has 6 heteroatoms. The molecule has 0 saturated carbocycles. The number of fused-ring (bicyclic) bond motifs is 1. The fourth-order valence-electron chi connectivity index (χ4n) is 3.50. The summed E-state index contributed by atoms with van der Waals surface area (Å²) in [4.78, 5) is 17.2. The Morgan fingerprint density at radius 2 is 1.61 bits per heavy atom. The van der Waals surface area contributed by atoms with Crippen LogP contribution in [-0.4, -0.2) is 21.0 Å². The van der Waals surface area contributed by atoms with E-state index in [-0.39, 0.29) is 11.6 Å². The second-order valence-corrected chi connectivity index (χ2v) is 7.98. The number of nitrogens with one attached hydrogen (secondary N) is 1. The van der Waals surface area contributed by atoms with Crippen molar-refractivity contribution in [1.29, 1.82) is 0 Å². The zero-order valence-electron chi connectivity index (χ0n) is 16.1. The van der Waals surface area contributed by atoms with E-state index in [1.807, 2.05) is 42.5 Å². The number of hydrogen-bond acceptors (Lipinski definition) is 3. The number of aromatic nitrogens is 3. The minimum absolute atomic E-state index is 0.0229. The molecular formula is C25H15BrFN3O. The Kier molecular flexibility index (Phi) is 4.92. The molecular weight excluding hydrogens is 457 g/mol. The van der Waals surface area contributed by atoms with Crippen molar-refractivity contribution in [2.75, 3.05) is 0 Å². The lowest BCUT2D eigenvalue weighted by atomic mass is 10.0. The smallest absolute Gasteiger partial charge is 0.193 e. The third-order valence-corrected chi connectivity index (χ3v) is 5.58. The highest BCUT2D eigenvalue weighted by Crippen LogP contribution is 2.31. The first-order chi connectivity index (χ1) is 15.1. The van der Waals surface area contributed by atoms with Gasteiger partial charge in [-0.2, -0.15) is 5.10 Å². The number of pyridine rings is 1. The Bertz CT molecular complexity index is 1410. The molecule has 0 unspecified atom stereocenters. The fourth-order valence-corrected chi connectivity index (χ4v) is 3.83. The highest BCUT2D eigenvalue weighted by atomic mass is 79.9. The van der Waals surface area contributed by atoms with Crippen molar-refractivity contribution in [3.05, 3.63) is 106 Å². The average Bonchev–Trinajstić information content (AvgIpc) is 3.22. The van der Waals surface area contributed by atoms with Crippen molar-refractivity contribution in [2.24, 2.45) is 0 Å². The topological polar surface area (TPSA) is 58.6 Å². The van der Waals surface area contributed by atoms with Gasteiger partial charge in [0.2, 0.25) is 0 Å². The molecule has 0 atom stereocenters. The van der Waals surface area contributed by atoms with E-state index in [1.54, 1.807) is 36.4 Å². The van der Waals surface area contributed by atoms with Crippen LogP contribution >= 0.6 is 15.9 Å². The zero-order chi connectivity index (χ0) is 21.4. The molecule has 150 valence electrons. The van der Waals surface area contributed by atoms with Gasteiger partial charge in [0.25, 0.3) is 0 Å². The number of hydrogen-bond donors (Lipinski definition) is 1. The van der Waals surface area contributed by atoms with Gasteiger partial charge in [-0.25, -0.2) is 9.37 Å². The van der Waals surface area contributed by atoms with Crippen LogP contribution in [0.2, 0.25) is 0 Å². The molecule has 2 aromatic heterocycles. The van der Waals surface area contributed by atoms with E-state index in [1.165, 1.54) is 6.07 Å². The third kappa shape index (κ3) is 3.66. The van der Waals surface area contributed by atoms with Crippen molar-refractivity contribution < 1.29 is 9.18 Å². The van der Waals surface area contributed by atoms with Crippen LogP contribution in [0.25, 0.3) is 33.5 Å². The maximum Gasteiger partial charge on any atom is 0.193 e. The van der Waals surface area contributed by atoms with E-state index < -0.39 is 0 Å². The molecule has 4 nitrogen and oxygen atoms in total. The molecule has 0 fully saturated rings. The summed E-state index contributed by atoms with van der Waals surface area (Å²) in [6, 6.07) is 25.1. The Morgan fingerprint density at radius 3 is 2.35 bits per heavy atom. The van der Waals surface area contributed by atoms with Gasteiger partial charge in [0.15, 0.2) is 11.4 Å². The van der Waals surface area contributed by atoms with Gasteiger partial charge in [0, 0.05) is 32.1 Å². The highest BCUT2D eigenvalue weighted by Gasteiger charge is 2.15. The predicted molar refractivity (Wildman–Crippen MR) is 122 cm³/mol. The number of benzene rings is 3. The molecule has 2 heterocycles. The number of ketones is 1. The molecule has 1 N–H and O–H groups in total. The maximum absolute atomic E-state index is 14.4. The first kappa shape index (κ1) is 19.3. The van der Waals surface area contributed by atoms with Crippen LogP contribution in [0.3, 0.4) is 0 Å². The molecule has 0 aliphatic carbocycles. The van der Waals surface area contributed by atoms with E-state index >= 15 is 0 Å². The van der Waals surface area contributed by atoms with Crippen molar-refractivity contribution in [3.8, 4) is 22.5 Å². The largest absolute Gasteiger partial charge is 0.289 e. The summed E-state index contributed by atoms with van der Waals surface area (Å²) in [6.07, 6.45) is 0. The van der Waals surface area contributed by atoms with Crippen LogP contribution < -0.4 is 0 Å². The number of nitrogens with zero attached hydrogens (tertiary/aromatic N) is 2. The SMILES string of the molecule is O=C(c1ccccc1)c1ccc(-c2ccc3c(-c4ccc(Br)cc4F)n[nH]c3n2)cc1. The van der Waals surface area contributed by atoms with Crippen LogP contribution in [0.4, 0.5) is 4.39 Å². The summed E-state index contributed by atoms with van der Waals surface area (Å²) in [7, 11) is 0. The standard InChI is InChI=1S/C25H15BrFN3O/c26-18-10-11-19(21(27)14-18)23-20-12-13-22(28-25(20)30-29-23)15-6-8-17(9-7-15)24(31)16-4-2-1-3-5-16/h1-14H,(H,28,29,30). The van der Waals surface area contributed by atoms with E-state index in [4.69, 9.17) is 0 Å². The van der Waals surface area contributed by atoms with Crippen LogP contribution in [0.15, 0.2) is 89.4 Å². The van der Waals surface area contributed by atoms with Crippen molar-refractivity contribution in [1.82, 2.24) is 15.2 Å². The zero-order valence-corrected chi connectivity index (χ0v) is 17.7. The highest BCUT2D eigenvalue weighted by molar-refractivity contribution is 9.10. The lowest BCUT2D eigenvalue weighted by molar-refractivity contribution is 0.103. The van der Waals surface area contributed by atoms with E-state index in [2.05, 4.69) is 31.1 Å². The number of rotatable bonds is 4. The molecule has 0 spiro atoms. The van der Waals surface area contributed by atoms with Crippen LogP contribution in [0.1, 0.15) is 15.9 Å². The summed E-state index contributed by atoms with van der Waals surface area (Å²) in [6.45, 7) is 0. The maximum atomic E-state index is 14.4. The van der Waals surface area contributed by atoms with Crippen molar-refractivity contribution in [3.63, 3.8) is 0 Å². The van der Waals surface area contributed by atoms with Crippen LogP contribution in [0.5, 0.6) is 0 Å². The Balaban J connectivity index is 1.47. The van der Waals surface area contributed by atoms with Gasteiger partial charge >= 0.3 is 0 Å². The van der Waals surface area contributed by atoms with Crippen molar-refractivity contribution >= 4 is 32.7 Å². The van der Waals surface area contributed by atoms with Gasteiger partial charge in [-0.05, 0) is 30.3 Å². The second kappa shape index (κ2) is 7.89. The van der Waals surface area contributed by atoms with E-state index in [9.17, 15) is 9.18 Å². The monoisotopic (exact) mass is 471 g/mol. The number of carbonyl (C=O) groups excluding carboxylic acids is 1. The minimum Gasteiger partial charge on any atom is -0.289 e. The normalized spacial score (nSPS) is 11.0. The first-order valence-corrected chi connectivity index (χ1v) is 10.4. The lowest BCUT2D eigenvalue weighted by Crippen LogP contribution is -2.00. The number of carbonyl (C=O) groups is 1. The number of aromatic amines is 1. The number of H-pyrrole nitrogens is 1. The number of halogens is 2. The van der Waals surface area contributed by atoms with E-state index in [0.29, 0.717) is 32.5 Å². The summed E-state index contributed by atoms with van der Waals surface area (Å²) in [5, 5.41) is 7.91. The van der Waals surface area contributed by atoms with Gasteiger partial charge in [0.05, 0.1) is 5.69 Å². The lowest BCUT2D eigenvalue weighted by Gasteiger charge is -2.05. The molecule has 0 bridgehead atoms. The summed E-state index contributed by atoms with van der Waals surface area (Å²) in [5.74, 6) is -0.379. The fraction of sp³-hybridized carbons (Fsp3) is 0. The molecule has 31 heavy (non-hydrogen) atoms. The third-order valence-electron chi connectivity index (χ3n) is 5.09. The van der Waals surface area contributed by atoms with Gasteiger partial charge in [-0.15, -0.1) is 0 Å². The molecule has 5 aromatic rings.